The molecule has 0 saturated carbocycles. The highest BCUT2D eigenvalue weighted by Crippen LogP contribution is 2.18. The average molecular weight is 327 g/mol. The Morgan fingerprint density at radius 1 is 1.56 bits per heavy atom. The summed E-state index contributed by atoms with van der Waals surface area (Å²) in [5.41, 5.74) is 1.98. The van der Waals surface area contributed by atoms with Crippen LogP contribution in [0.15, 0.2) is 28.2 Å². The van der Waals surface area contributed by atoms with Crippen molar-refractivity contribution in [3.8, 4) is 0 Å². The van der Waals surface area contributed by atoms with Gasteiger partial charge in [-0.2, -0.15) is 0 Å². The van der Waals surface area contributed by atoms with E-state index < -0.39 is 0 Å². The van der Waals surface area contributed by atoms with E-state index in [1.54, 1.807) is 11.3 Å². The Hall–Kier alpha value is -1.07. The van der Waals surface area contributed by atoms with E-state index >= 15 is 0 Å². The van der Waals surface area contributed by atoms with E-state index in [0.29, 0.717) is 12.2 Å². The maximum Gasteiger partial charge on any atom is 0.268 e. The molecule has 0 atom stereocenters. The molecule has 0 aliphatic heterocycles. The molecule has 96 valence electrons. The van der Waals surface area contributed by atoms with Gasteiger partial charge < -0.3 is 9.88 Å². The number of rotatable bonds is 4. The van der Waals surface area contributed by atoms with E-state index in [1.807, 2.05) is 23.9 Å². The molecular formula is C13H15BrN2OS. The molecule has 0 spiro atoms. The van der Waals surface area contributed by atoms with Crippen LogP contribution >= 0.6 is 27.3 Å². The average Bonchev–Trinajstić information content (AvgIpc) is 2.92. The molecule has 2 aromatic heterocycles. The number of aromatic nitrogens is 1. The summed E-state index contributed by atoms with van der Waals surface area (Å²) in [6.45, 7) is 2.73. The molecule has 0 aliphatic rings. The Kier molecular flexibility index (Phi) is 4.24. The van der Waals surface area contributed by atoms with Crippen LogP contribution in [0.2, 0.25) is 0 Å². The van der Waals surface area contributed by atoms with Gasteiger partial charge in [0.2, 0.25) is 0 Å². The van der Waals surface area contributed by atoms with Crippen LogP contribution in [-0.4, -0.2) is 10.5 Å². The minimum Gasteiger partial charge on any atom is -0.346 e. The van der Waals surface area contributed by atoms with Gasteiger partial charge in [-0.05, 0) is 45.4 Å². The number of aryl methyl sites for hydroxylation is 2. The first-order valence-corrected chi connectivity index (χ1v) is 7.44. The van der Waals surface area contributed by atoms with E-state index in [1.165, 1.54) is 10.4 Å². The summed E-state index contributed by atoms with van der Waals surface area (Å²) in [6, 6.07) is 3.94. The van der Waals surface area contributed by atoms with Crippen LogP contribution in [0.5, 0.6) is 0 Å². The molecule has 0 radical (unpaired) electrons. The minimum atomic E-state index is -0.0429. The molecule has 2 rings (SSSR count). The van der Waals surface area contributed by atoms with Crippen LogP contribution in [0.25, 0.3) is 0 Å². The molecule has 18 heavy (non-hydrogen) atoms. The van der Waals surface area contributed by atoms with Crippen LogP contribution in [0.1, 0.15) is 27.9 Å². The van der Waals surface area contributed by atoms with Gasteiger partial charge in [0, 0.05) is 22.6 Å². The second-order valence-corrected chi connectivity index (χ2v) is 5.98. The Balaban J connectivity index is 2.03. The van der Waals surface area contributed by atoms with Gasteiger partial charge in [0.1, 0.15) is 5.69 Å². The van der Waals surface area contributed by atoms with Crippen molar-refractivity contribution in [1.82, 2.24) is 9.88 Å². The van der Waals surface area contributed by atoms with Gasteiger partial charge in [-0.1, -0.05) is 6.92 Å². The largest absolute Gasteiger partial charge is 0.346 e. The quantitative estimate of drug-likeness (QED) is 0.918. The highest BCUT2D eigenvalue weighted by molar-refractivity contribution is 9.10. The van der Waals surface area contributed by atoms with Crippen LogP contribution in [0.3, 0.4) is 0 Å². The fourth-order valence-electron chi connectivity index (χ4n) is 1.84. The summed E-state index contributed by atoms with van der Waals surface area (Å²) in [6.07, 6.45) is 2.88. The Morgan fingerprint density at radius 3 is 2.94 bits per heavy atom. The Labute approximate surface area is 119 Å². The predicted octanol–water partition coefficient (Wildman–Crippen LogP) is 3.34. The molecule has 0 unspecified atom stereocenters. The molecule has 2 heterocycles. The first-order chi connectivity index (χ1) is 8.61. The van der Waals surface area contributed by atoms with E-state index in [0.717, 1.165) is 10.9 Å². The van der Waals surface area contributed by atoms with Crippen molar-refractivity contribution >= 4 is 33.2 Å². The maximum absolute atomic E-state index is 12.0. The van der Waals surface area contributed by atoms with Gasteiger partial charge >= 0.3 is 0 Å². The molecule has 2 aromatic rings. The second-order valence-electron chi connectivity index (χ2n) is 4.06. The fraction of sp³-hybridized carbons (Fsp3) is 0.308. The third-order valence-corrected chi connectivity index (χ3v) is 4.23. The highest BCUT2D eigenvalue weighted by Gasteiger charge is 2.11. The first-order valence-electron chi connectivity index (χ1n) is 5.77. The number of hydrogen-bond acceptors (Lipinski definition) is 2. The number of carbonyl (C=O) groups is 1. The smallest absolute Gasteiger partial charge is 0.268 e. The van der Waals surface area contributed by atoms with E-state index in [-0.39, 0.29) is 5.91 Å². The zero-order valence-corrected chi connectivity index (χ0v) is 12.8. The molecule has 1 amide bonds. The number of amides is 1. The number of hydrogen-bond donors (Lipinski definition) is 1. The fourth-order valence-corrected chi connectivity index (χ4v) is 3.28. The lowest BCUT2D eigenvalue weighted by molar-refractivity contribution is 0.0943. The summed E-state index contributed by atoms with van der Waals surface area (Å²) >= 11 is 5.06. The van der Waals surface area contributed by atoms with Crippen LogP contribution < -0.4 is 5.32 Å². The van der Waals surface area contributed by atoms with Crippen LogP contribution in [0, 0.1) is 0 Å². The number of nitrogens with one attached hydrogen (secondary N) is 1. The van der Waals surface area contributed by atoms with Gasteiger partial charge in [0.05, 0.1) is 6.54 Å². The zero-order valence-electron chi connectivity index (χ0n) is 10.4. The third kappa shape index (κ3) is 2.84. The minimum absolute atomic E-state index is 0.0429. The summed E-state index contributed by atoms with van der Waals surface area (Å²) in [4.78, 5) is 13.3. The third-order valence-electron chi connectivity index (χ3n) is 2.83. The first kappa shape index (κ1) is 13.4. The summed E-state index contributed by atoms with van der Waals surface area (Å²) in [7, 11) is 1.86. The molecule has 0 aromatic carbocycles. The highest BCUT2D eigenvalue weighted by atomic mass is 79.9. The summed E-state index contributed by atoms with van der Waals surface area (Å²) in [5.74, 6) is -0.0429. The summed E-state index contributed by atoms with van der Waals surface area (Å²) < 4.78 is 2.73. The second kappa shape index (κ2) is 5.71. The van der Waals surface area contributed by atoms with Gasteiger partial charge in [-0.15, -0.1) is 11.3 Å². The molecule has 1 N–H and O–H groups in total. The summed E-state index contributed by atoms with van der Waals surface area (Å²) in [5, 5.41) is 5.03. The predicted molar refractivity (Wildman–Crippen MR) is 78.0 cm³/mol. The standard InChI is InChI=1S/C13H15BrN2OS/c1-3-9-4-5-18-12(9)7-15-13(17)11-6-10(14)8-16(11)2/h4-6,8H,3,7H2,1-2H3,(H,15,17). The van der Waals surface area contributed by atoms with Crippen molar-refractivity contribution in [3.63, 3.8) is 0 Å². The van der Waals surface area contributed by atoms with Crippen molar-refractivity contribution in [3.05, 3.63) is 44.3 Å². The molecule has 0 bridgehead atoms. The Morgan fingerprint density at radius 2 is 2.33 bits per heavy atom. The van der Waals surface area contributed by atoms with Crippen LogP contribution in [-0.2, 0) is 20.0 Å². The normalized spacial score (nSPS) is 10.6. The SMILES string of the molecule is CCc1ccsc1CNC(=O)c1cc(Br)cn1C. The van der Waals surface area contributed by atoms with Crippen molar-refractivity contribution < 1.29 is 4.79 Å². The number of carbonyl (C=O) groups excluding carboxylic acids is 1. The molecule has 0 aliphatic carbocycles. The van der Waals surface area contributed by atoms with Crippen molar-refractivity contribution in [1.29, 1.82) is 0 Å². The maximum atomic E-state index is 12.0. The lowest BCUT2D eigenvalue weighted by Crippen LogP contribution is -2.24. The number of halogens is 1. The molecule has 3 nitrogen and oxygen atoms in total. The van der Waals surface area contributed by atoms with Gasteiger partial charge in [0.15, 0.2) is 0 Å². The number of thiophene rings is 1. The van der Waals surface area contributed by atoms with Gasteiger partial charge in [-0.3, -0.25) is 4.79 Å². The molecule has 5 heteroatoms. The van der Waals surface area contributed by atoms with E-state index in [4.69, 9.17) is 0 Å². The van der Waals surface area contributed by atoms with Crippen molar-refractivity contribution in [2.45, 2.75) is 19.9 Å². The molecule has 0 fully saturated rings. The van der Waals surface area contributed by atoms with E-state index in [2.05, 4.69) is 39.6 Å². The van der Waals surface area contributed by atoms with Crippen LogP contribution in [0.4, 0.5) is 0 Å². The lowest BCUT2D eigenvalue weighted by Gasteiger charge is -2.06. The molecular weight excluding hydrogens is 312 g/mol. The van der Waals surface area contributed by atoms with E-state index in [9.17, 15) is 4.79 Å². The molecule has 0 saturated heterocycles. The van der Waals surface area contributed by atoms with Crippen molar-refractivity contribution in [2.24, 2.45) is 7.05 Å². The zero-order chi connectivity index (χ0) is 13.1. The van der Waals surface area contributed by atoms with Crippen molar-refractivity contribution in [2.75, 3.05) is 0 Å². The lowest BCUT2D eigenvalue weighted by atomic mass is 10.2. The van der Waals surface area contributed by atoms with Gasteiger partial charge in [0.25, 0.3) is 5.91 Å². The Bertz CT molecular complexity index is 559. The monoisotopic (exact) mass is 326 g/mol. The number of nitrogens with zero attached hydrogens (tertiary/aromatic N) is 1. The topological polar surface area (TPSA) is 34.0 Å². The van der Waals surface area contributed by atoms with Gasteiger partial charge in [-0.25, -0.2) is 0 Å².